The molecular formula is C60H57N7O11. The van der Waals surface area contributed by atoms with Crippen molar-refractivity contribution in [3.63, 3.8) is 0 Å². The number of carbonyl (C=O) groups is 4. The average molecular weight is 1050 g/mol. The van der Waals surface area contributed by atoms with Crippen LogP contribution in [-0.2, 0) is 35.9 Å². The number of nitrogens with zero attached hydrogens (tertiary/aromatic N) is 7. The topological polar surface area (TPSA) is 218 Å². The van der Waals surface area contributed by atoms with E-state index < -0.39 is 70.0 Å². The third-order valence-electron chi connectivity index (χ3n) is 15.7. The number of imide groups is 1. The number of cyclic esters (lactones) is 1. The van der Waals surface area contributed by atoms with Crippen molar-refractivity contribution in [2.75, 3.05) is 49.2 Å². The Morgan fingerprint density at radius 3 is 2.14 bits per heavy atom. The Hall–Kier alpha value is -8.50. The fourth-order valence-electron chi connectivity index (χ4n) is 12.2. The number of nitro benzene ring substituents is 1. The second kappa shape index (κ2) is 21.9. The van der Waals surface area contributed by atoms with Gasteiger partial charge in [0, 0.05) is 56.3 Å². The number of ether oxygens (including phenoxy) is 3. The minimum atomic E-state index is -2.16. The Morgan fingerprint density at radius 1 is 0.782 bits per heavy atom. The molecule has 1 spiro atoms. The second-order valence-electron chi connectivity index (χ2n) is 20.3. The number of rotatable bonds is 11. The summed E-state index contributed by atoms with van der Waals surface area (Å²) in [6, 6.07) is 34.3. The van der Waals surface area contributed by atoms with Gasteiger partial charge in [0.1, 0.15) is 42.1 Å². The van der Waals surface area contributed by atoms with Gasteiger partial charge in [0.25, 0.3) is 5.69 Å². The summed E-state index contributed by atoms with van der Waals surface area (Å²) in [5.41, 5.74) is -0.709. The molecule has 6 aromatic rings. The molecule has 4 fully saturated rings. The lowest BCUT2D eigenvalue weighted by atomic mass is 9.64. The number of carbonyl (C=O) groups excluding carboxylic acids is 4. The quantitative estimate of drug-likeness (QED) is 0.0421. The summed E-state index contributed by atoms with van der Waals surface area (Å²) in [4.78, 5) is 90.6. The zero-order valence-electron chi connectivity index (χ0n) is 42.6. The number of benzene rings is 5. The molecule has 0 unspecified atom stereocenters. The van der Waals surface area contributed by atoms with Gasteiger partial charge < -0.3 is 34.2 Å². The molecule has 1 aliphatic carbocycles. The van der Waals surface area contributed by atoms with E-state index >= 15 is 19.2 Å². The highest BCUT2D eigenvalue weighted by atomic mass is 16.6. The first kappa shape index (κ1) is 51.6. The summed E-state index contributed by atoms with van der Waals surface area (Å²) in [6.07, 6.45) is 5.68. The van der Waals surface area contributed by atoms with Crippen LogP contribution in [0.15, 0.2) is 146 Å². The van der Waals surface area contributed by atoms with Gasteiger partial charge in [0.15, 0.2) is 0 Å². The maximum Gasteiger partial charge on any atom is 0.421 e. The predicted molar refractivity (Wildman–Crippen MR) is 285 cm³/mol. The maximum atomic E-state index is 16.9. The zero-order valence-corrected chi connectivity index (χ0v) is 42.6. The molecular weight excluding hydrogens is 995 g/mol. The van der Waals surface area contributed by atoms with E-state index in [2.05, 4.69) is 21.8 Å². The predicted octanol–water partition coefficient (Wildman–Crippen LogP) is 7.54. The summed E-state index contributed by atoms with van der Waals surface area (Å²) in [7, 11) is 0. The number of hydrogen-bond donors (Lipinski definition) is 2. The minimum Gasteiger partial charge on any atom is -0.491 e. The number of non-ortho nitro benzene ring substituents is 1. The molecule has 11 rings (SSSR count). The Labute approximate surface area is 450 Å². The van der Waals surface area contributed by atoms with E-state index in [1.54, 1.807) is 65.8 Å². The molecule has 2 N–H and O–H groups in total. The lowest BCUT2D eigenvalue weighted by Gasteiger charge is -2.46. The molecule has 1 aromatic heterocycles. The van der Waals surface area contributed by atoms with E-state index in [1.165, 1.54) is 24.3 Å². The van der Waals surface area contributed by atoms with Gasteiger partial charge in [0.2, 0.25) is 17.8 Å². The third-order valence-corrected chi connectivity index (χ3v) is 15.7. The molecule has 1 saturated carbocycles. The van der Waals surface area contributed by atoms with Gasteiger partial charge in [-0.2, -0.15) is 0 Å². The van der Waals surface area contributed by atoms with Crippen LogP contribution in [0.2, 0.25) is 0 Å². The van der Waals surface area contributed by atoms with Crippen LogP contribution in [0.5, 0.6) is 5.75 Å². The van der Waals surface area contributed by atoms with Gasteiger partial charge in [-0.3, -0.25) is 29.4 Å². The van der Waals surface area contributed by atoms with Gasteiger partial charge >= 0.3 is 12.1 Å². The van der Waals surface area contributed by atoms with Crippen molar-refractivity contribution in [1.29, 1.82) is 0 Å². The highest BCUT2D eigenvalue weighted by Crippen LogP contribution is 2.66. The Morgan fingerprint density at radius 2 is 1.46 bits per heavy atom. The molecule has 18 heteroatoms. The molecule has 6 atom stereocenters. The molecule has 5 aliphatic rings. The lowest BCUT2D eigenvalue weighted by Crippen LogP contribution is -2.59. The number of morpholine rings is 1. The first-order valence-electron chi connectivity index (χ1n) is 26.4. The highest BCUT2D eigenvalue weighted by Gasteiger charge is 2.76. The Bertz CT molecular complexity index is 3270. The first-order valence-corrected chi connectivity index (χ1v) is 26.4. The Kier molecular flexibility index (Phi) is 14.5. The third kappa shape index (κ3) is 9.58. The SMILES string of the molecule is O=C1O[C@H](c2ccccc2)[C@H](c2ccccc2)N2[C@H]1[C@@H](C(=O)N1CCN(c3ncccn3)CC1)[C@]1(C(=O)N(C(=O)OCc3ccc([N+](=O)[O-])cc3)c3ccc(C#CC4(O)CCCCCC4)cc31)[C@H]2c1cccc(OCCO)c1. The largest absolute Gasteiger partial charge is 0.491 e. The van der Waals surface area contributed by atoms with Crippen LogP contribution < -0.4 is 14.5 Å². The number of hydrogen-bond acceptors (Lipinski definition) is 15. The normalized spacial score (nSPS) is 23.6. The number of aromatic nitrogens is 2. The van der Waals surface area contributed by atoms with Crippen LogP contribution in [0, 0.1) is 27.9 Å². The summed E-state index contributed by atoms with van der Waals surface area (Å²) in [6.45, 7) is 0.202. The minimum absolute atomic E-state index is 0.0632. The fraction of sp³-hybridized carbons (Fsp3) is 0.333. The molecule has 4 aliphatic heterocycles. The number of nitro groups is 1. The van der Waals surface area contributed by atoms with Gasteiger partial charge in [-0.25, -0.2) is 19.7 Å². The van der Waals surface area contributed by atoms with E-state index in [4.69, 9.17) is 14.2 Å². The molecule has 398 valence electrons. The number of aliphatic hydroxyl groups is 2. The number of esters is 1. The zero-order chi connectivity index (χ0) is 54.0. The van der Waals surface area contributed by atoms with Crippen molar-refractivity contribution in [2.24, 2.45) is 5.92 Å². The molecule has 18 nitrogen and oxygen atoms in total. The van der Waals surface area contributed by atoms with Gasteiger partial charge in [-0.15, -0.1) is 0 Å². The number of aliphatic hydroxyl groups excluding tert-OH is 1. The van der Waals surface area contributed by atoms with Crippen LogP contribution in [0.3, 0.4) is 0 Å². The number of fused-ring (bicyclic) bond motifs is 3. The van der Waals surface area contributed by atoms with Crippen molar-refractivity contribution in [3.8, 4) is 17.6 Å². The molecule has 78 heavy (non-hydrogen) atoms. The van der Waals surface area contributed by atoms with E-state index in [-0.39, 0.29) is 49.8 Å². The summed E-state index contributed by atoms with van der Waals surface area (Å²) < 4.78 is 18.7. The summed E-state index contributed by atoms with van der Waals surface area (Å²) >= 11 is 0. The van der Waals surface area contributed by atoms with Crippen LogP contribution in [0.4, 0.5) is 22.1 Å². The fourth-order valence-corrected chi connectivity index (χ4v) is 12.2. The average Bonchev–Trinajstić information content (AvgIpc) is 2.73. The number of amides is 3. The smallest absolute Gasteiger partial charge is 0.421 e. The van der Waals surface area contributed by atoms with Gasteiger partial charge in [-0.05, 0) is 102 Å². The second-order valence-corrected chi connectivity index (χ2v) is 20.3. The van der Waals surface area contributed by atoms with Gasteiger partial charge in [-0.1, -0.05) is 97.5 Å². The molecule has 3 saturated heterocycles. The van der Waals surface area contributed by atoms with Gasteiger partial charge in [0.05, 0.1) is 35.2 Å². The highest BCUT2D eigenvalue weighted by molar-refractivity contribution is 6.23. The number of anilines is 2. The Balaban J connectivity index is 1.15. The van der Waals surface area contributed by atoms with E-state index in [0.29, 0.717) is 65.4 Å². The molecule has 0 radical (unpaired) electrons. The van der Waals surface area contributed by atoms with E-state index in [9.17, 15) is 20.3 Å². The monoisotopic (exact) mass is 1050 g/mol. The first-order chi connectivity index (χ1) is 38.0. The summed E-state index contributed by atoms with van der Waals surface area (Å²) in [5, 5.41) is 33.3. The van der Waals surface area contributed by atoms with Crippen LogP contribution >= 0.6 is 0 Å². The van der Waals surface area contributed by atoms with Crippen molar-refractivity contribution in [1.82, 2.24) is 19.8 Å². The van der Waals surface area contributed by atoms with Crippen molar-refractivity contribution >= 4 is 41.2 Å². The maximum absolute atomic E-state index is 16.9. The molecule has 5 aromatic carbocycles. The van der Waals surface area contributed by atoms with E-state index in [0.717, 1.165) is 30.6 Å². The molecule has 0 bridgehead atoms. The standard InChI is InChI=1S/C60H57N7O11/c68-35-36-76-46-18-11-17-44(38-46)53-60(47-37-40(25-28-59(73)26-9-1-2-10-27-59)21-24-48(47)65(56(60)71)58(72)77-39-41-19-22-45(23-20-41)67(74)75)49(54(69)63-31-33-64(34-32-63)57-61-29-12-30-62-57)51-55(70)78-52(43-15-7-4-8-16-43)50(66(51)53)42-13-5-3-6-14-42/h3-8,11-24,29-30,37-38,49-53,68,73H,1-2,9-10,26-27,31-36,39H2/t49-,50-,51-,52+,53+,60-/m0/s1. The van der Waals surface area contributed by atoms with Crippen LogP contribution in [0.1, 0.15) is 90.1 Å². The van der Waals surface area contributed by atoms with Crippen molar-refractivity contribution in [3.05, 3.63) is 189 Å². The number of piperazine rings is 1. The van der Waals surface area contributed by atoms with Crippen molar-refractivity contribution in [2.45, 2.75) is 80.4 Å². The van der Waals surface area contributed by atoms with Crippen LogP contribution in [-0.4, -0.2) is 110 Å². The van der Waals surface area contributed by atoms with E-state index in [1.807, 2.05) is 70.5 Å². The summed E-state index contributed by atoms with van der Waals surface area (Å²) in [5.74, 6) is 3.46. The van der Waals surface area contributed by atoms with Crippen LogP contribution in [0.25, 0.3) is 0 Å². The molecule has 3 amide bonds. The van der Waals surface area contributed by atoms with Crippen molar-refractivity contribution < 1.29 is 48.5 Å². The lowest BCUT2D eigenvalue weighted by molar-refractivity contribution is -0.384. The molecule has 5 heterocycles.